The molecule has 0 aliphatic heterocycles. The molecule has 0 aromatic carbocycles. The first kappa shape index (κ1) is 14.7. The van der Waals surface area contributed by atoms with Crippen LogP contribution in [0, 0.1) is 6.92 Å². The third kappa shape index (κ3) is 3.34. The van der Waals surface area contributed by atoms with E-state index in [4.69, 9.17) is 10.2 Å². The number of carbonyl (C=O) groups is 3. The normalized spacial score (nSPS) is 10.1. The van der Waals surface area contributed by atoms with Crippen LogP contribution in [0.3, 0.4) is 0 Å². The second kappa shape index (κ2) is 6.03. The van der Waals surface area contributed by atoms with Gasteiger partial charge in [0.25, 0.3) is 5.91 Å². The lowest BCUT2D eigenvalue weighted by molar-refractivity contribution is 0.0974. The smallest absolute Gasteiger partial charge is 0.321 e. The van der Waals surface area contributed by atoms with Crippen LogP contribution in [0.4, 0.5) is 10.7 Å². The van der Waals surface area contributed by atoms with Crippen LogP contribution in [0.1, 0.15) is 46.7 Å². The number of hydrogen-bond acceptors (Lipinski definition) is 4. The summed E-state index contributed by atoms with van der Waals surface area (Å²) in [6, 6.07) is -0.520. The molecular weight excluding hydrogens is 250 g/mol. The molecule has 1 rings (SSSR count). The molecule has 1 heterocycles. The van der Waals surface area contributed by atoms with Crippen LogP contribution >= 0.6 is 0 Å². The highest BCUT2D eigenvalue weighted by Gasteiger charge is 2.25. The van der Waals surface area contributed by atoms with Gasteiger partial charge in [-0.1, -0.05) is 6.92 Å². The van der Waals surface area contributed by atoms with E-state index in [-0.39, 0.29) is 28.6 Å². The molecule has 0 saturated carbocycles. The highest BCUT2D eigenvalue weighted by molar-refractivity contribution is 6.11. The van der Waals surface area contributed by atoms with Crippen LogP contribution in [0.25, 0.3) is 0 Å². The lowest BCUT2D eigenvalue weighted by atomic mass is 10.1. The van der Waals surface area contributed by atoms with E-state index >= 15 is 0 Å². The minimum atomic E-state index is -0.826. The van der Waals surface area contributed by atoms with Crippen molar-refractivity contribution < 1.29 is 18.8 Å². The first-order valence-electron chi connectivity index (χ1n) is 5.87. The standard InChI is InChI=1S/C12H17N3O4/c1-4-5-14-12(18)15-11-9(10(13)17)8(6(2)16)7(3)19-11/h4-5H2,1-3H3,(H2,13,17)(H2,14,15,18). The molecule has 0 unspecified atom stereocenters. The average Bonchev–Trinajstić information content (AvgIpc) is 2.63. The van der Waals surface area contributed by atoms with Gasteiger partial charge in [-0.05, 0) is 20.3 Å². The Hall–Kier alpha value is -2.31. The molecule has 1 aromatic rings. The quantitative estimate of drug-likeness (QED) is 0.700. The number of hydrogen-bond donors (Lipinski definition) is 3. The number of ketones is 1. The molecule has 19 heavy (non-hydrogen) atoms. The second-order valence-electron chi connectivity index (χ2n) is 4.04. The predicted octanol–water partition coefficient (Wildman–Crippen LogP) is 1.42. The van der Waals surface area contributed by atoms with Gasteiger partial charge in [0, 0.05) is 6.54 Å². The van der Waals surface area contributed by atoms with Crippen molar-refractivity contribution in [2.75, 3.05) is 11.9 Å². The SMILES string of the molecule is CCCNC(=O)Nc1oc(C)c(C(C)=O)c1C(N)=O. The fourth-order valence-electron chi connectivity index (χ4n) is 1.68. The number of Topliss-reactive ketones (excluding diaryl/α,β-unsaturated/α-hetero) is 1. The van der Waals surface area contributed by atoms with Crippen LogP contribution in [0.5, 0.6) is 0 Å². The molecule has 0 saturated heterocycles. The third-order valence-corrected chi connectivity index (χ3v) is 2.45. The first-order chi connectivity index (χ1) is 8.88. The summed E-state index contributed by atoms with van der Waals surface area (Å²) in [5, 5.41) is 4.93. The highest BCUT2D eigenvalue weighted by atomic mass is 16.4. The van der Waals surface area contributed by atoms with Gasteiger partial charge < -0.3 is 15.5 Å². The molecule has 7 heteroatoms. The van der Waals surface area contributed by atoms with E-state index in [0.29, 0.717) is 6.54 Å². The summed E-state index contributed by atoms with van der Waals surface area (Å²) in [5.74, 6) is -1.04. The van der Waals surface area contributed by atoms with Crippen molar-refractivity contribution in [2.45, 2.75) is 27.2 Å². The van der Waals surface area contributed by atoms with Gasteiger partial charge in [-0.15, -0.1) is 0 Å². The average molecular weight is 267 g/mol. The second-order valence-corrected chi connectivity index (χ2v) is 4.04. The summed E-state index contributed by atoms with van der Waals surface area (Å²) >= 11 is 0. The Labute approximate surface area is 110 Å². The van der Waals surface area contributed by atoms with E-state index in [1.807, 2.05) is 6.92 Å². The Kier molecular flexibility index (Phi) is 4.68. The van der Waals surface area contributed by atoms with E-state index in [1.54, 1.807) is 0 Å². The van der Waals surface area contributed by atoms with Crippen molar-refractivity contribution in [3.8, 4) is 0 Å². The zero-order valence-electron chi connectivity index (χ0n) is 11.1. The van der Waals surface area contributed by atoms with Gasteiger partial charge in [-0.2, -0.15) is 0 Å². The Morgan fingerprint density at radius 3 is 2.37 bits per heavy atom. The van der Waals surface area contributed by atoms with Gasteiger partial charge in [0.05, 0.1) is 5.56 Å². The number of primary amides is 1. The fraction of sp³-hybridized carbons (Fsp3) is 0.417. The molecular formula is C12H17N3O4. The molecule has 1 aromatic heterocycles. The first-order valence-corrected chi connectivity index (χ1v) is 5.87. The maximum absolute atomic E-state index is 11.5. The van der Waals surface area contributed by atoms with Crippen LogP contribution in [0.15, 0.2) is 4.42 Å². The monoisotopic (exact) mass is 267 g/mol. The summed E-state index contributed by atoms with van der Waals surface area (Å²) in [5.41, 5.74) is 5.21. The minimum Gasteiger partial charge on any atom is -0.444 e. The number of carbonyl (C=O) groups excluding carboxylic acids is 3. The summed E-state index contributed by atoms with van der Waals surface area (Å²) in [7, 11) is 0. The summed E-state index contributed by atoms with van der Waals surface area (Å²) in [6.45, 7) is 5.21. The van der Waals surface area contributed by atoms with Gasteiger partial charge >= 0.3 is 6.03 Å². The molecule has 0 aliphatic carbocycles. The van der Waals surface area contributed by atoms with Crippen molar-refractivity contribution in [1.29, 1.82) is 0 Å². The van der Waals surface area contributed by atoms with Crippen LogP contribution in [0.2, 0.25) is 0 Å². The van der Waals surface area contributed by atoms with Crippen molar-refractivity contribution in [3.63, 3.8) is 0 Å². The van der Waals surface area contributed by atoms with E-state index in [1.165, 1.54) is 13.8 Å². The van der Waals surface area contributed by atoms with Crippen LogP contribution < -0.4 is 16.4 Å². The van der Waals surface area contributed by atoms with E-state index < -0.39 is 11.9 Å². The lowest BCUT2D eigenvalue weighted by Gasteiger charge is -2.05. The molecule has 0 aliphatic rings. The molecule has 0 bridgehead atoms. The Morgan fingerprint density at radius 1 is 1.26 bits per heavy atom. The maximum atomic E-state index is 11.5. The number of furan rings is 1. The van der Waals surface area contributed by atoms with Gasteiger partial charge in [-0.3, -0.25) is 14.9 Å². The summed E-state index contributed by atoms with van der Waals surface area (Å²) in [4.78, 5) is 34.4. The molecule has 3 amide bonds. The minimum absolute atomic E-state index is 0.0956. The third-order valence-electron chi connectivity index (χ3n) is 2.45. The Bertz CT molecular complexity index is 519. The molecule has 0 radical (unpaired) electrons. The summed E-state index contributed by atoms with van der Waals surface area (Å²) in [6.07, 6.45) is 0.770. The van der Waals surface area contributed by atoms with Crippen molar-refractivity contribution in [2.24, 2.45) is 5.73 Å². The van der Waals surface area contributed by atoms with E-state index in [9.17, 15) is 14.4 Å². The molecule has 104 valence electrons. The number of rotatable bonds is 5. The molecule has 0 fully saturated rings. The highest BCUT2D eigenvalue weighted by Crippen LogP contribution is 2.27. The van der Waals surface area contributed by atoms with Gasteiger partial charge in [0.2, 0.25) is 5.88 Å². The van der Waals surface area contributed by atoms with Gasteiger partial charge in [0.15, 0.2) is 5.78 Å². The number of nitrogens with two attached hydrogens (primary N) is 1. The maximum Gasteiger partial charge on any atom is 0.321 e. The van der Waals surface area contributed by atoms with Gasteiger partial charge in [0.1, 0.15) is 11.3 Å². The lowest BCUT2D eigenvalue weighted by Crippen LogP contribution is -2.30. The summed E-state index contributed by atoms with van der Waals surface area (Å²) < 4.78 is 5.23. The molecule has 7 nitrogen and oxygen atoms in total. The van der Waals surface area contributed by atoms with Crippen molar-refractivity contribution in [3.05, 3.63) is 16.9 Å². The van der Waals surface area contributed by atoms with Crippen molar-refractivity contribution in [1.82, 2.24) is 5.32 Å². The number of aryl methyl sites for hydroxylation is 1. The zero-order valence-corrected chi connectivity index (χ0v) is 11.1. The van der Waals surface area contributed by atoms with E-state index in [0.717, 1.165) is 6.42 Å². The topological polar surface area (TPSA) is 114 Å². The van der Waals surface area contributed by atoms with Crippen molar-refractivity contribution >= 4 is 23.6 Å². The van der Waals surface area contributed by atoms with E-state index in [2.05, 4.69) is 10.6 Å². The molecule has 0 spiro atoms. The fourth-order valence-corrected chi connectivity index (χ4v) is 1.68. The number of anilines is 1. The predicted molar refractivity (Wildman–Crippen MR) is 69.3 cm³/mol. The number of amides is 3. The Balaban J connectivity index is 3.08. The largest absolute Gasteiger partial charge is 0.444 e. The zero-order chi connectivity index (χ0) is 14.6. The number of nitrogens with one attached hydrogen (secondary N) is 2. The van der Waals surface area contributed by atoms with Crippen LogP contribution in [-0.2, 0) is 0 Å². The van der Waals surface area contributed by atoms with Gasteiger partial charge in [-0.25, -0.2) is 4.79 Å². The number of urea groups is 1. The molecule has 4 N–H and O–H groups in total. The molecule has 0 atom stereocenters. The Morgan fingerprint density at radius 2 is 1.89 bits per heavy atom. The van der Waals surface area contributed by atoms with Crippen LogP contribution in [-0.4, -0.2) is 24.3 Å².